The van der Waals surface area contributed by atoms with Crippen molar-refractivity contribution in [3.63, 3.8) is 0 Å². The van der Waals surface area contributed by atoms with E-state index in [4.69, 9.17) is 10.2 Å². The summed E-state index contributed by atoms with van der Waals surface area (Å²) < 4.78 is 5.70. The summed E-state index contributed by atoms with van der Waals surface area (Å²) in [6.45, 7) is 0. The first-order valence-electron chi connectivity index (χ1n) is 5.69. The van der Waals surface area contributed by atoms with Crippen molar-refractivity contribution >= 4 is 28.5 Å². The number of nitrogens with zero attached hydrogens (tertiary/aromatic N) is 2. The maximum atomic E-state index is 5.72. The Hall–Kier alpha value is -2.49. The van der Waals surface area contributed by atoms with Gasteiger partial charge in [-0.2, -0.15) is 4.98 Å². The SMILES string of the molecule is CN(c1ccccc1)c1nc2ccc(N)cc2o1. The molecule has 0 saturated heterocycles. The van der Waals surface area contributed by atoms with Crippen molar-refractivity contribution in [2.24, 2.45) is 0 Å². The van der Waals surface area contributed by atoms with E-state index < -0.39 is 0 Å². The molecule has 0 bridgehead atoms. The highest BCUT2D eigenvalue weighted by Gasteiger charge is 2.11. The molecule has 90 valence electrons. The lowest BCUT2D eigenvalue weighted by Gasteiger charge is -2.13. The van der Waals surface area contributed by atoms with Gasteiger partial charge >= 0.3 is 6.01 Å². The minimum Gasteiger partial charge on any atom is -0.423 e. The van der Waals surface area contributed by atoms with Gasteiger partial charge in [-0.1, -0.05) is 18.2 Å². The van der Waals surface area contributed by atoms with Gasteiger partial charge in [-0.05, 0) is 24.3 Å². The summed E-state index contributed by atoms with van der Waals surface area (Å²) in [6.07, 6.45) is 0. The van der Waals surface area contributed by atoms with Gasteiger partial charge in [-0.15, -0.1) is 0 Å². The van der Waals surface area contributed by atoms with E-state index in [9.17, 15) is 0 Å². The van der Waals surface area contributed by atoms with Crippen LogP contribution >= 0.6 is 0 Å². The highest BCUT2D eigenvalue weighted by atomic mass is 16.4. The Morgan fingerprint density at radius 3 is 2.67 bits per heavy atom. The van der Waals surface area contributed by atoms with E-state index >= 15 is 0 Å². The molecule has 0 fully saturated rings. The Bertz CT molecular complexity index is 676. The lowest BCUT2D eigenvalue weighted by atomic mass is 10.3. The lowest BCUT2D eigenvalue weighted by Crippen LogP contribution is -2.09. The van der Waals surface area contributed by atoms with E-state index in [-0.39, 0.29) is 0 Å². The van der Waals surface area contributed by atoms with Crippen molar-refractivity contribution in [1.29, 1.82) is 0 Å². The predicted octanol–water partition coefficient (Wildman–Crippen LogP) is 3.18. The predicted molar refractivity (Wildman–Crippen MR) is 72.9 cm³/mol. The first-order valence-corrected chi connectivity index (χ1v) is 5.69. The number of hydrogen-bond acceptors (Lipinski definition) is 4. The standard InChI is InChI=1S/C14H13N3O/c1-17(11-5-3-2-4-6-11)14-16-12-8-7-10(15)9-13(12)18-14/h2-9H,15H2,1H3. The van der Waals surface area contributed by atoms with Gasteiger partial charge in [0.2, 0.25) is 0 Å². The average molecular weight is 239 g/mol. The smallest absolute Gasteiger partial charge is 0.302 e. The van der Waals surface area contributed by atoms with Crippen LogP contribution in [0.1, 0.15) is 0 Å². The van der Waals surface area contributed by atoms with Gasteiger partial charge in [0.25, 0.3) is 0 Å². The zero-order chi connectivity index (χ0) is 12.5. The first kappa shape index (κ1) is 10.7. The fourth-order valence-electron chi connectivity index (χ4n) is 1.83. The van der Waals surface area contributed by atoms with Crippen molar-refractivity contribution in [3.8, 4) is 0 Å². The normalized spacial score (nSPS) is 10.7. The molecule has 0 atom stereocenters. The molecule has 0 saturated carbocycles. The lowest BCUT2D eigenvalue weighted by molar-refractivity contribution is 0.603. The third kappa shape index (κ3) is 1.78. The molecular weight excluding hydrogens is 226 g/mol. The van der Waals surface area contributed by atoms with E-state index in [1.807, 2.05) is 54.4 Å². The van der Waals surface area contributed by atoms with Gasteiger partial charge in [-0.3, -0.25) is 4.90 Å². The summed E-state index contributed by atoms with van der Waals surface area (Å²) in [5.74, 6) is 0. The first-order chi connectivity index (χ1) is 8.74. The number of hydrogen-bond donors (Lipinski definition) is 1. The third-order valence-electron chi connectivity index (χ3n) is 2.83. The average Bonchev–Trinajstić information content (AvgIpc) is 2.81. The van der Waals surface area contributed by atoms with Gasteiger partial charge in [0, 0.05) is 24.5 Å². The molecule has 0 spiro atoms. The largest absolute Gasteiger partial charge is 0.423 e. The molecule has 2 N–H and O–H groups in total. The summed E-state index contributed by atoms with van der Waals surface area (Å²) in [4.78, 5) is 6.33. The summed E-state index contributed by atoms with van der Waals surface area (Å²) in [7, 11) is 1.92. The number of rotatable bonds is 2. The number of aromatic nitrogens is 1. The van der Waals surface area contributed by atoms with Crippen molar-refractivity contribution in [3.05, 3.63) is 48.5 Å². The zero-order valence-electron chi connectivity index (χ0n) is 10.00. The summed E-state index contributed by atoms with van der Waals surface area (Å²) >= 11 is 0. The number of nitrogen functional groups attached to an aromatic ring is 1. The fourth-order valence-corrected chi connectivity index (χ4v) is 1.83. The number of para-hydroxylation sites is 1. The molecule has 3 aromatic rings. The number of anilines is 3. The summed E-state index contributed by atoms with van der Waals surface area (Å²) in [5.41, 5.74) is 8.93. The van der Waals surface area contributed by atoms with Crippen molar-refractivity contribution in [2.45, 2.75) is 0 Å². The van der Waals surface area contributed by atoms with Crippen LogP contribution in [0.5, 0.6) is 0 Å². The number of nitrogens with two attached hydrogens (primary N) is 1. The number of fused-ring (bicyclic) bond motifs is 1. The summed E-state index contributed by atoms with van der Waals surface area (Å²) in [5, 5.41) is 0. The van der Waals surface area contributed by atoms with Crippen LogP contribution in [-0.2, 0) is 0 Å². The van der Waals surface area contributed by atoms with Crippen LogP contribution in [0.4, 0.5) is 17.4 Å². The monoisotopic (exact) mass is 239 g/mol. The maximum absolute atomic E-state index is 5.72. The molecule has 2 aromatic carbocycles. The van der Waals surface area contributed by atoms with Crippen molar-refractivity contribution < 1.29 is 4.42 Å². The Labute approximate surface area is 105 Å². The van der Waals surface area contributed by atoms with Crippen LogP contribution in [0, 0.1) is 0 Å². The molecule has 0 unspecified atom stereocenters. The molecule has 0 aliphatic heterocycles. The van der Waals surface area contributed by atoms with Gasteiger partial charge in [0.1, 0.15) is 5.52 Å². The van der Waals surface area contributed by atoms with E-state index in [1.54, 1.807) is 6.07 Å². The van der Waals surface area contributed by atoms with Crippen LogP contribution in [-0.4, -0.2) is 12.0 Å². The second-order valence-electron chi connectivity index (χ2n) is 4.12. The highest BCUT2D eigenvalue weighted by Crippen LogP contribution is 2.27. The van der Waals surface area contributed by atoms with Crippen LogP contribution in [0.15, 0.2) is 52.9 Å². The Morgan fingerprint density at radius 2 is 1.89 bits per heavy atom. The van der Waals surface area contributed by atoms with Gasteiger partial charge in [0.05, 0.1) is 0 Å². The van der Waals surface area contributed by atoms with E-state index in [0.29, 0.717) is 17.3 Å². The molecular formula is C14H13N3O. The van der Waals surface area contributed by atoms with Gasteiger partial charge < -0.3 is 10.2 Å². The summed E-state index contributed by atoms with van der Waals surface area (Å²) in [6, 6.07) is 16.0. The minimum absolute atomic E-state index is 0.557. The van der Waals surface area contributed by atoms with E-state index in [1.165, 1.54) is 0 Å². The number of oxazole rings is 1. The molecule has 0 aliphatic rings. The van der Waals surface area contributed by atoms with Gasteiger partial charge in [-0.25, -0.2) is 0 Å². The third-order valence-corrected chi connectivity index (χ3v) is 2.83. The van der Waals surface area contributed by atoms with E-state index in [2.05, 4.69) is 4.98 Å². The molecule has 1 heterocycles. The van der Waals surface area contributed by atoms with Crippen LogP contribution < -0.4 is 10.6 Å². The molecule has 4 heteroatoms. The topological polar surface area (TPSA) is 55.3 Å². The molecule has 0 radical (unpaired) electrons. The van der Waals surface area contributed by atoms with E-state index in [0.717, 1.165) is 11.2 Å². The van der Waals surface area contributed by atoms with Crippen molar-refractivity contribution in [1.82, 2.24) is 4.98 Å². The Kier molecular flexibility index (Phi) is 2.41. The second-order valence-corrected chi connectivity index (χ2v) is 4.12. The molecule has 18 heavy (non-hydrogen) atoms. The van der Waals surface area contributed by atoms with Crippen LogP contribution in [0.25, 0.3) is 11.1 Å². The molecule has 0 aliphatic carbocycles. The van der Waals surface area contributed by atoms with Gasteiger partial charge in [0.15, 0.2) is 5.58 Å². The fraction of sp³-hybridized carbons (Fsp3) is 0.0714. The maximum Gasteiger partial charge on any atom is 0.302 e. The van der Waals surface area contributed by atoms with Crippen molar-refractivity contribution in [2.75, 3.05) is 17.7 Å². The molecule has 0 amide bonds. The van der Waals surface area contributed by atoms with Crippen LogP contribution in [0.2, 0.25) is 0 Å². The molecule has 4 nitrogen and oxygen atoms in total. The zero-order valence-corrected chi connectivity index (χ0v) is 10.00. The molecule has 1 aromatic heterocycles. The van der Waals surface area contributed by atoms with Crippen LogP contribution in [0.3, 0.4) is 0 Å². The Balaban J connectivity index is 2.04. The second kappa shape index (κ2) is 4.07. The Morgan fingerprint density at radius 1 is 1.11 bits per heavy atom. The number of benzene rings is 2. The molecule has 3 rings (SSSR count). The minimum atomic E-state index is 0.557. The highest BCUT2D eigenvalue weighted by molar-refractivity contribution is 5.78. The quantitative estimate of drug-likeness (QED) is 0.698.